The number of halogens is 2. The Kier molecular flexibility index (Phi) is 5.67. The molecule has 0 unspecified atom stereocenters. The first-order valence-corrected chi connectivity index (χ1v) is 8.05. The molecule has 0 bridgehead atoms. The van der Waals surface area contributed by atoms with Crippen LogP contribution >= 0.6 is 15.9 Å². The summed E-state index contributed by atoms with van der Waals surface area (Å²) in [5.74, 6) is -1.86. The van der Waals surface area contributed by atoms with Gasteiger partial charge in [0, 0.05) is 11.0 Å². The maximum absolute atomic E-state index is 13.0. The Balaban J connectivity index is 3.24. The second-order valence-corrected chi connectivity index (χ2v) is 7.42. The Morgan fingerprint density at radius 1 is 1.45 bits per heavy atom. The van der Waals surface area contributed by atoms with Crippen LogP contribution < -0.4 is 0 Å². The monoisotopic (exact) mass is 367 g/mol. The lowest BCUT2D eigenvalue weighted by Gasteiger charge is -2.22. The fourth-order valence-electron chi connectivity index (χ4n) is 1.63. The van der Waals surface area contributed by atoms with E-state index in [4.69, 9.17) is 5.11 Å². The number of hydrogen-bond acceptors (Lipinski definition) is 3. The maximum Gasteiger partial charge on any atom is 0.318 e. The molecular formula is C12H15BrFNO4S. The van der Waals surface area contributed by atoms with Crippen molar-refractivity contribution in [2.75, 3.05) is 13.1 Å². The van der Waals surface area contributed by atoms with Crippen molar-refractivity contribution in [1.29, 1.82) is 0 Å². The number of carboxylic acids is 1. The molecule has 0 fully saturated rings. The molecule has 20 heavy (non-hydrogen) atoms. The average Bonchev–Trinajstić information content (AvgIpc) is 2.26. The van der Waals surface area contributed by atoms with Crippen molar-refractivity contribution in [2.45, 2.75) is 18.7 Å². The summed E-state index contributed by atoms with van der Waals surface area (Å²) in [5, 5.41) is 8.84. The molecule has 5 nitrogen and oxygen atoms in total. The number of carboxylic acid groups (broad SMARTS) is 1. The van der Waals surface area contributed by atoms with Crippen LogP contribution in [0.25, 0.3) is 0 Å². The second-order valence-electron chi connectivity index (χ2n) is 4.66. The van der Waals surface area contributed by atoms with Crippen molar-refractivity contribution in [2.24, 2.45) is 5.92 Å². The van der Waals surface area contributed by atoms with Gasteiger partial charge in [-0.05, 0) is 40.0 Å². The Bertz CT molecular complexity index is 603. The van der Waals surface area contributed by atoms with Crippen LogP contribution in [-0.4, -0.2) is 36.9 Å². The number of rotatable bonds is 6. The highest BCUT2D eigenvalue weighted by molar-refractivity contribution is 9.10. The van der Waals surface area contributed by atoms with Gasteiger partial charge >= 0.3 is 5.97 Å². The smallest absolute Gasteiger partial charge is 0.318 e. The SMILES string of the molecule is CC(C)CN(CC(=O)O)S(=O)(=O)c1ccc(F)cc1Br. The van der Waals surface area contributed by atoms with Crippen LogP contribution in [0.5, 0.6) is 0 Å². The summed E-state index contributed by atoms with van der Waals surface area (Å²) in [6.07, 6.45) is 0. The van der Waals surface area contributed by atoms with Gasteiger partial charge in [-0.15, -0.1) is 0 Å². The third-order valence-corrected chi connectivity index (χ3v) is 5.18. The van der Waals surface area contributed by atoms with Crippen LogP contribution in [0, 0.1) is 11.7 Å². The largest absolute Gasteiger partial charge is 0.480 e. The van der Waals surface area contributed by atoms with E-state index in [1.807, 2.05) is 0 Å². The minimum absolute atomic E-state index is 0.0386. The van der Waals surface area contributed by atoms with E-state index in [0.717, 1.165) is 22.5 Å². The normalized spacial score (nSPS) is 12.1. The molecule has 112 valence electrons. The van der Waals surface area contributed by atoms with E-state index >= 15 is 0 Å². The van der Waals surface area contributed by atoms with Crippen molar-refractivity contribution in [1.82, 2.24) is 4.31 Å². The predicted octanol–water partition coefficient (Wildman–Crippen LogP) is 2.32. The minimum atomic E-state index is -4.00. The van der Waals surface area contributed by atoms with Crippen LogP contribution in [0.3, 0.4) is 0 Å². The lowest BCUT2D eigenvalue weighted by Crippen LogP contribution is -2.38. The van der Waals surface area contributed by atoms with Crippen molar-refractivity contribution >= 4 is 31.9 Å². The minimum Gasteiger partial charge on any atom is -0.480 e. The Labute approximate surface area is 125 Å². The van der Waals surface area contributed by atoms with E-state index in [0.29, 0.717) is 0 Å². The van der Waals surface area contributed by atoms with Gasteiger partial charge in [-0.2, -0.15) is 4.31 Å². The molecule has 0 heterocycles. The molecular weight excluding hydrogens is 353 g/mol. The van der Waals surface area contributed by atoms with Gasteiger partial charge in [-0.25, -0.2) is 12.8 Å². The number of benzene rings is 1. The highest BCUT2D eigenvalue weighted by Crippen LogP contribution is 2.26. The third kappa shape index (κ3) is 4.26. The predicted molar refractivity (Wildman–Crippen MR) is 75.3 cm³/mol. The zero-order valence-electron chi connectivity index (χ0n) is 11.0. The molecule has 0 aliphatic heterocycles. The summed E-state index contributed by atoms with van der Waals surface area (Å²) in [6.45, 7) is 3.00. The molecule has 1 aromatic rings. The summed E-state index contributed by atoms with van der Waals surface area (Å²) in [6, 6.07) is 3.16. The lowest BCUT2D eigenvalue weighted by molar-refractivity contribution is -0.137. The van der Waals surface area contributed by atoms with Gasteiger partial charge < -0.3 is 5.11 Å². The molecule has 0 saturated carbocycles. The molecule has 1 aromatic carbocycles. The van der Waals surface area contributed by atoms with Crippen molar-refractivity contribution in [3.8, 4) is 0 Å². The van der Waals surface area contributed by atoms with Crippen LogP contribution in [-0.2, 0) is 14.8 Å². The summed E-state index contributed by atoms with van der Waals surface area (Å²) in [7, 11) is -4.00. The van der Waals surface area contributed by atoms with Gasteiger partial charge in [0.1, 0.15) is 12.4 Å². The van der Waals surface area contributed by atoms with Crippen LogP contribution in [0.2, 0.25) is 0 Å². The van der Waals surface area contributed by atoms with Gasteiger partial charge in [0.25, 0.3) is 0 Å². The lowest BCUT2D eigenvalue weighted by atomic mass is 10.2. The number of nitrogens with zero attached hydrogens (tertiary/aromatic N) is 1. The summed E-state index contributed by atoms with van der Waals surface area (Å²) < 4.78 is 38.9. The van der Waals surface area contributed by atoms with Gasteiger partial charge in [0.2, 0.25) is 10.0 Å². The number of hydrogen-bond donors (Lipinski definition) is 1. The van der Waals surface area contributed by atoms with E-state index in [9.17, 15) is 17.6 Å². The highest BCUT2D eigenvalue weighted by Gasteiger charge is 2.29. The van der Waals surface area contributed by atoms with Gasteiger partial charge in [0.05, 0.1) is 4.90 Å². The first-order chi connectivity index (χ1) is 9.14. The van der Waals surface area contributed by atoms with E-state index in [2.05, 4.69) is 15.9 Å². The van der Waals surface area contributed by atoms with Crippen LogP contribution in [0.1, 0.15) is 13.8 Å². The van der Waals surface area contributed by atoms with E-state index in [1.165, 1.54) is 0 Å². The van der Waals surface area contributed by atoms with Gasteiger partial charge in [0.15, 0.2) is 0 Å². The maximum atomic E-state index is 13.0. The van der Waals surface area contributed by atoms with Crippen molar-refractivity contribution in [3.05, 3.63) is 28.5 Å². The first kappa shape index (κ1) is 17.1. The highest BCUT2D eigenvalue weighted by atomic mass is 79.9. The van der Waals surface area contributed by atoms with Crippen molar-refractivity contribution in [3.63, 3.8) is 0 Å². The van der Waals surface area contributed by atoms with Crippen LogP contribution in [0.15, 0.2) is 27.6 Å². The fraction of sp³-hybridized carbons (Fsp3) is 0.417. The van der Waals surface area contributed by atoms with E-state index in [1.54, 1.807) is 13.8 Å². The summed E-state index contributed by atoms with van der Waals surface area (Å²) in [4.78, 5) is 10.7. The summed E-state index contributed by atoms with van der Waals surface area (Å²) in [5.41, 5.74) is 0. The zero-order valence-corrected chi connectivity index (χ0v) is 13.4. The first-order valence-electron chi connectivity index (χ1n) is 5.81. The van der Waals surface area contributed by atoms with E-state index in [-0.39, 0.29) is 21.8 Å². The second kappa shape index (κ2) is 6.64. The summed E-state index contributed by atoms with van der Waals surface area (Å²) >= 11 is 2.99. The average molecular weight is 368 g/mol. The molecule has 0 saturated heterocycles. The molecule has 8 heteroatoms. The molecule has 0 atom stereocenters. The Morgan fingerprint density at radius 3 is 2.50 bits per heavy atom. The van der Waals surface area contributed by atoms with Crippen molar-refractivity contribution < 1.29 is 22.7 Å². The van der Waals surface area contributed by atoms with Gasteiger partial charge in [-0.3, -0.25) is 4.79 Å². The molecule has 0 aliphatic rings. The van der Waals surface area contributed by atoms with E-state index < -0.39 is 28.4 Å². The molecule has 0 amide bonds. The zero-order chi connectivity index (χ0) is 15.5. The molecule has 0 aromatic heterocycles. The molecule has 0 spiro atoms. The standard InChI is InChI=1S/C12H15BrFNO4S/c1-8(2)6-15(7-12(16)17)20(18,19)11-4-3-9(14)5-10(11)13/h3-5,8H,6-7H2,1-2H3,(H,16,17). The topological polar surface area (TPSA) is 74.7 Å². The molecule has 0 radical (unpaired) electrons. The number of carbonyl (C=O) groups is 1. The quantitative estimate of drug-likeness (QED) is 0.836. The molecule has 1 N–H and O–H groups in total. The van der Waals surface area contributed by atoms with Crippen LogP contribution in [0.4, 0.5) is 4.39 Å². The third-order valence-electron chi connectivity index (χ3n) is 2.39. The molecule has 1 rings (SSSR count). The molecule has 0 aliphatic carbocycles. The Morgan fingerprint density at radius 2 is 2.05 bits per heavy atom. The van der Waals surface area contributed by atoms with Gasteiger partial charge in [-0.1, -0.05) is 13.8 Å². The number of sulfonamides is 1. The number of aliphatic carboxylic acids is 1. The fourth-order valence-corrected chi connectivity index (χ4v) is 4.19. The Hall–Kier alpha value is -0.990.